The Hall–Kier alpha value is -2.87. The number of hydrogen-bond donors (Lipinski definition) is 2. The van der Waals surface area contributed by atoms with E-state index in [1.54, 1.807) is 50.2 Å². The van der Waals surface area contributed by atoms with E-state index in [1.807, 2.05) is 17.5 Å². The summed E-state index contributed by atoms with van der Waals surface area (Å²) in [5, 5.41) is 9.61. The Morgan fingerprint density at radius 1 is 1.10 bits per heavy atom. The van der Waals surface area contributed by atoms with E-state index < -0.39 is 12.0 Å². The first-order valence-corrected chi connectivity index (χ1v) is 10.9. The van der Waals surface area contributed by atoms with Crippen LogP contribution in [0.4, 0.5) is 5.69 Å². The minimum absolute atomic E-state index is 0.179. The fraction of sp³-hybridized carbons (Fsp3) is 0.136. The highest BCUT2D eigenvalue weighted by molar-refractivity contribution is 7.12. The number of carbonyl (C=O) groups is 2. The van der Waals surface area contributed by atoms with Crippen molar-refractivity contribution in [3.63, 3.8) is 0 Å². The molecular formula is C22H19Cl2N3O3S. The molecule has 160 valence electrons. The Morgan fingerprint density at radius 2 is 1.90 bits per heavy atom. The number of hydrogen-bond acceptors (Lipinski definition) is 5. The van der Waals surface area contributed by atoms with E-state index in [0.29, 0.717) is 32.1 Å². The standard InChI is InChI=1S/C22H19Cl2N3O3S/c1-13(15-5-3-6-17(11-15)25-22(29)20-7-4-10-31-20)26-27-21(28)14(2)30-19-9-8-16(23)12-18(19)24/h3-12,14H,1-2H3,(H,25,29)(H,27,28). The molecule has 0 saturated heterocycles. The Labute approximate surface area is 193 Å². The minimum atomic E-state index is -0.827. The van der Waals surface area contributed by atoms with E-state index in [2.05, 4.69) is 15.8 Å². The van der Waals surface area contributed by atoms with Gasteiger partial charge in [0.05, 0.1) is 15.6 Å². The number of ether oxygens (including phenoxy) is 1. The highest BCUT2D eigenvalue weighted by Gasteiger charge is 2.16. The van der Waals surface area contributed by atoms with Gasteiger partial charge in [-0.3, -0.25) is 9.59 Å². The third kappa shape index (κ3) is 6.30. The molecule has 0 saturated carbocycles. The number of nitrogens with zero attached hydrogens (tertiary/aromatic N) is 1. The van der Waals surface area contributed by atoms with Gasteiger partial charge < -0.3 is 10.1 Å². The average Bonchev–Trinajstić information content (AvgIpc) is 3.29. The van der Waals surface area contributed by atoms with Gasteiger partial charge in [-0.25, -0.2) is 5.43 Å². The zero-order valence-electron chi connectivity index (χ0n) is 16.7. The van der Waals surface area contributed by atoms with Crippen LogP contribution in [0.15, 0.2) is 65.1 Å². The van der Waals surface area contributed by atoms with Gasteiger partial charge in [0.1, 0.15) is 5.75 Å². The molecule has 31 heavy (non-hydrogen) atoms. The summed E-state index contributed by atoms with van der Waals surface area (Å²) in [6, 6.07) is 15.5. The predicted molar refractivity (Wildman–Crippen MR) is 126 cm³/mol. The number of thiophene rings is 1. The largest absolute Gasteiger partial charge is 0.479 e. The van der Waals surface area contributed by atoms with Crippen molar-refractivity contribution in [3.8, 4) is 5.75 Å². The van der Waals surface area contributed by atoms with Gasteiger partial charge >= 0.3 is 0 Å². The van der Waals surface area contributed by atoms with Crippen molar-refractivity contribution in [2.45, 2.75) is 20.0 Å². The molecule has 0 aliphatic carbocycles. The van der Waals surface area contributed by atoms with E-state index in [-0.39, 0.29) is 5.91 Å². The molecule has 6 nitrogen and oxygen atoms in total. The predicted octanol–water partition coefficient (Wildman–Crippen LogP) is 5.61. The number of benzene rings is 2. The summed E-state index contributed by atoms with van der Waals surface area (Å²) >= 11 is 13.3. The van der Waals surface area contributed by atoms with Crippen LogP contribution >= 0.6 is 34.5 Å². The highest BCUT2D eigenvalue weighted by atomic mass is 35.5. The Balaban J connectivity index is 1.61. The molecule has 1 atom stereocenters. The summed E-state index contributed by atoms with van der Waals surface area (Å²) in [4.78, 5) is 25.2. The number of nitrogens with one attached hydrogen (secondary N) is 2. The fourth-order valence-electron chi connectivity index (χ4n) is 2.53. The van der Waals surface area contributed by atoms with Crippen molar-refractivity contribution in [3.05, 3.63) is 80.5 Å². The normalized spacial score (nSPS) is 12.2. The fourth-order valence-corrected chi connectivity index (χ4v) is 3.60. The third-order valence-corrected chi connectivity index (χ3v) is 5.58. The van der Waals surface area contributed by atoms with Crippen LogP contribution in [0, 0.1) is 0 Å². The van der Waals surface area contributed by atoms with Crippen LogP contribution in [0.2, 0.25) is 10.0 Å². The summed E-state index contributed by atoms with van der Waals surface area (Å²) in [5.74, 6) is -0.266. The highest BCUT2D eigenvalue weighted by Crippen LogP contribution is 2.28. The van der Waals surface area contributed by atoms with Gasteiger partial charge in [-0.1, -0.05) is 41.4 Å². The summed E-state index contributed by atoms with van der Waals surface area (Å²) in [5.41, 5.74) is 4.43. The Morgan fingerprint density at radius 3 is 2.61 bits per heavy atom. The minimum Gasteiger partial charge on any atom is -0.479 e. The summed E-state index contributed by atoms with van der Waals surface area (Å²) in [6.45, 7) is 3.34. The summed E-state index contributed by atoms with van der Waals surface area (Å²) in [7, 11) is 0. The molecule has 2 N–H and O–H groups in total. The summed E-state index contributed by atoms with van der Waals surface area (Å²) < 4.78 is 5.58. The molecule has 1 heterocycles. The lowest BCUT2D eigenvalue weighted by molar-refractivity contribution is -0.127. The van der Waals surface area contributed by atoms with Gasteiger partial charge in [0.25, 0.3) is 11.8 Å². The van der Waals surface area contributed by atoms with E-state index in [9.17, 15) is 9.59 Å². The molecule has 0 fully saturated rings. The second-order valence-electron chi connectivity index (χ2n) is 6.52. The smallest absolute Gasteiger partial charge is 0.280 e. The van der Waals surface area contributed by atoms with E-state index >= 15 is 0 Å². The van der Waals surface area contributed by atoms with E-state index in [1.165, 1.54) is 17.4 Å². The van der Waals surface area contributed by atoms with Gasteiger partial charge in [0.15, 0.2) is 6.10 Å². The Kier molecular flexibility index (Phi) is 7.68. The van der Waals surface area contributed by atoms with Crippen LogP contribution in [0.5, 0.6) is 5.75 Å². The summed E-state index contributed by atoms with van der Waals surface area (Å²) in [6.07, 6.45) is -0.827. The lowest BCUT2D eigenvalue weighted by Gasteiger charge is -2.14. The number of rotatable bonds is 7. The van der Waals surface area contributed by atoms with Crippen LogP contribution in [0.25, 0.3) is 0 Å². The molecule has 3 rings (SSSR count). The van der Waals surface area contributed by atoms with Crippen LogP contribution in [0.1, 0.15) is 29.1 Å². The van der Waals surface area contributed by atoms with Gasteiger partial charge in [-0.05, 0) is 61.2 Å². The molecule has 2 aromatic carbocycles. The first-order valence-electron chi connectivity index (χ1n) is 9.24. The number of amides is 2. The van der Waals surface area contributed by atoms with Gasteiger partial charge in [0.2, 0.25) is 0 Å². The molecule has 1 unspecified atom stereocenters. The van der Waals surface area contributed by atoms with Crippen molar-refractivity contribution >= 4 is 57.8 Å². The van der Waals surface area contributed by atoms with Crippen LogP contribution in [0.3, 0.4) is 0 Å². The molecule has 0 spiro atoms. The van der Waals surface area contributed by atoms with E-state index in [4.69, 9.17) is 27.9 Å². The molecule has 1 aromatic heterocycles. The van der Waals surface area contributed by atoms with E-state index in [0.717, 1.165) is 5.56 Å². The molecule has 0 aliphatic rings. The quantitative estimate of drug-likeness (QED) is 0.343. The lowest BCUT2D eigenvalue weighted by atomic mass is 10.1. The molecule has 3 aromatic rings. The SMILES string of the molecule is CC(=NNC(=O)C(C)Oc1ccc(Cl)cc1Cl)c1cccc(NC(=O)c2cccs2)c1. The number of hydrazone groups is 1. The number of carbonyl (C=O) groups excluding carboxylic acids is 2. The maximum absolute atomic E-state index is 12.3. The van der Waals surface area contributed by atoms with Gasteiger partial charge in [-0.15, -0.1) is 11.3 Å². The molecule has 0 aliphatic heterocycles. The van der Waals surface area contributed by atoms with Crippen LogP contribution in [-0.2, 0) is 4.79 Å². The van der Waals surface area contributed by atoms with Crippen molar-refractivity contribution < 1.29 is 14.3 Å². The number of halogens is 2. The molecule has 0 bridgehead atoms. The third-order valence-electron chi connectivity index (χ3n) is 4.18. The van der Waals surface area contributed by atoms with Crippen molar-refractivity contribution in [1.29, 1.82) is 0 Å². The van der Waals surface area contributed by atoms with Gasteiger partial charge in [-0.2, -0.15) is 5.10 Å². The Bertz CT molecular complexity index is 1120. The second-order valence-corrected chi connectivity index (χ2v) is 8.31. The maximum atomic E-state index is 12.3. The molecule has 0 radical (unpaired) electrons. The maximum Gasteiger partial charge on any atom is 0.280 e. The van der Waals surface area contributed by atoms with Crippen molar-refractivity contribution in [2.24, 2.45) is 5.10 Å². The van der Waals surface area contributed by atoms with Gasteiger partial charge in [0, 0.05) is 10.7 Å². The monoisotopic (exact) mass is 475 g/mol. The second kappa shape index (κ2) is 10.4. The van der Waals surface area contributed by atoms with Crippen LogP contribution in [-0.4, -0.2) is 23.6 Å². The zero-order chi connectivity index (χ0) is 22.4. The average molecular weight is 476 g/mol. The van der Waals surface area contributed by atoms with Crippen molar-refractivity contribution in [1.82, 2.24) is 5.43 Å². The first kappa shape index (κ1) is 22.8. The molecule has 9 heteroatoms. The molecular weight excluding hydrogens is 457 g/mol. The van der Waals surface area contributed by atoms with Crippen LogP contribution < -0.4 is 15.5 Å². The topological polar surface area (TPSA) is 79.8 Å². The lowest BCUT2D eigenvalue weighted by Crippen LogP contribution is -2.34. The first-order chi connectivity index (χ1) is 14.8. The molecule has 2 amide bonds. The zero-order valence-corrected chi connectivity index (χ0v) is 19.0. The van der Waals surface area contributed by atoms with Crippen molar-refractivity contribution in [2.75, 3.05) is 5.32 Å². The number of anilines is 1.